The van der Waals surface area contributed by atoms with Crippen molar-refractivity contribution in [2.24, 2.45) is 0 Å². The summed E-state index contributed by atoms with van der Waals surface area (Å²) < 4.78 is 0. The van der Waals surface area contributed by atoms with Crippen LogP contribution in [0.2, 0.25) is 0 Å². The molecule has 0 aliphatic carbocycles. The van der Waals surface area contributed by atoms with Gasteiger partial charge in [-0.1, -0.05) is 6.07 Å². The van der Waals surface area contributed by atoms with E-state index in [4.69, 9.17) is 5.11 Å². The van der Waals surface area contributed by atoms with E-state index in [9.17, 15) is 15.0 Å². The molecule has 0 bridgehead atoms. The van der Waals surface area contributed by atoms with Crippen LogP contribution >= 0.6 is 0 Å². The Morgan fingerprint density at radius 1 is 1.37 bits per heavy atom. The quantitative estimate of drug-likeness (QED) is 0.559. The number of phenols is 1. The van der Waals surface area contributed by atoms with E-state index >= 15 is 0 Å². The number of benzene rings is 1. The average Bonchev–Trinajstić information content (AvgIpc) is 2.37. The average molecular weight is 263 g/mol. The van der Waals surface area contributed by atoms with E-state index in [0.29, 0.717) is 10.9 Å². The molecule has 0 unspecified atom stereocenters. The predicted molar refractivity (Wildman–Crippen MR) is 70.0 cm³/mol. The Morgan fingerprint density at radius 3 is 2.79 bits per heavy atom. The van der Waals surface area contributed by atoms with Crippen LogP contribution in [0.4, 0.5) is 0 Å². The van der Waals surface area contributed by atoms with Gasteiger partial charge in [0.15, 0.2) is 6.23 Å². The fourth-order valence-electron chi connectivity index (χ4n) is 1.90. The molecule has 1 aromatic heterocycles. The molecule has 6 nitrogen and oxygen atoms in total. The topological polar surface area (TPSA) is 106 Å². The summed E-state index contributed by atoms with van der Waals surface area (Å²) in [5, 5.41) is 32.0. The Hall–Kier alpha value is -1.89. The summed E-state index contributed by atoms with van der Waals surface area (Å²) in [7, 11) is 0. The number of aliphatic hydroxyl groups is 2. The van der Waals surface area contributed by atoms with Gasteiger partial charge in [-0.25, -0.2) is 0 Å². The maximum atomic E-state index is 11.3. The van der Waals surface area contributed by atoms with Gasteiger partial charge in [0.05, 0.1) is 11.6 Å². The van der Waals surface area contributed by atoms with Crippen molar-refractivity contribution in [3.63, 3.8) is 0 Å². The van der Waals surface area contributed by atoms with Gasteiger partial charge >= 0.3 is 0 Å². The van der Waals surface area contributed by atoms with Crippen LogP contribution in [0.1, 0.15) is 18.6 Å². The smallest absolute Gasteiger partial charge is 0.248 e. The van der Waals surface area contributed by atoms with Crippen LogP contribution in [0, 0.1) is 6.23 Å². The number of rotatable bonds is 4. The van der Waals surface area contributed by atoms with E-state index in [1.165, 1.54) is 19.1 Å². The second kappa shape index (κ2) is 5.40. The molecule has 1 atom stereocenters. The number of aromatic hydroxyl groups is 1. The predicted octanol–water partition coefficient (Wildman–Crippen LogP) is 0.739. The third-order valence-electron chi connectivity index (χ3n) is 2.82. The summed E-state index contributed by atoms with van der Waals surface area (Å²) in [4.78, 5) is 13.8. The lowest BCUT2D eigenvalue weighted by atomic mass is 10.0. The monoisotopic (exact) mass is 263 g/mol. The van der Waals surface area contributed by atoms with Crippen LogP contribution in [0.15, 0.2) is 29.1 Å². The molecule has 5 N–H and O–H groups in total. The summed E-state index contributed by atoms with van der Waals surface area (Å²) in [6, 6.07) is 5.86. The van der Waals surface area contributed by atoms with Gasteiger partial charge in [0, 0.05) is 18.0 Å². The molecule has 0 aliphatic rings. The van der Waals surface area contributed by atoms with E-state index < -0.39 is 6.10 Å². The normalized spacial score (nSPS) is 13.1. The molecule has 2 aromatic rings. The number of phenolic OH excluding ortho intramolecular Hbond substituents is 1. The maximum absolute atomic E-state index is 11.3. The fraction of sp³-hybridized carbons (Fsp3) is 0.231. The Balaban J connectivity index is 2.44. The zero-order chi connectivity index (χ0) is 14.0. The molecule has 1 aromatic carbocycles. The van der Waals surface area contributed by atoms with E-state index in [2.05, 4.69) is 10.3 Å². The molecule has 2 rings (SSSR count). The molecule has 0 amide bonds. The number of pyridine rings is 1. The lowest BCUT2D eigenvalue weighted by Crippen LogP contribution is -2.24. The van der Waals surface area contributed by atoms with Crippen LogP contribution < -0.4 is 10.9 Å². The summed E-state index contributed by atoms with van der Waals surface area (Å²) in [6.45, 7) is 1.60. The molecule has 19 heavy (non-hydrogen) atoms. The first-order chi connectivity index (χ1) is 8.99. The lowest BCUT2D eigenvalue weighted by molar-refractivity contribution is 0.159. The highest BCUT2D eigenvalue weighted by atomic mass is 16.3. The number of hydrogen-bond donors (Lipinski definition) is 5. The number of aromatic nitrogens is 1. The largest absolute Gasteiger partial charge is 0.506 e. The van der Waals surface area contributed by atoms with Crippen molar-refractivity contribution >= 4 is 10.9 Å². The minimum absolute atomic E-state index is 0.00976. The number of aliphatic hydroxyl groups excluding tert-OH is 2. The van der Waals surface area contributed by atoms with E-state index in [1.807, 2.05) is 0 Å². The van der Waals surface area contributed by atoms with Crippen molar-refractivity contribution in [1.82, 2.24) is 10.3 Å². The number of hydrogen-bond acceptors (Lipinski definition) is 5. The van der Waals surface area contributed by atoms with Gasteiger partial charge in [-0.3, -0.25) is 10.1 Å². The first kappa shape index (κ1) is 13.5. The third-order valence-corrected chi connectivity index (χ3v) is 2.82. The Morgan fingerprint density at radius 2 is 2.11 bits per heavy atom. The zero-order valence-electron chi connectivity index (χ0n) is 10.3. The first-order valence-electron chi connectivity index (χ1n) is 5.78. The van der Waals surface area contributed by atoms with Crippen LogP contribution in [-0.4, -0.2) is 26.8 Å². The molecule has 0 saturated heterocycles. The van der Waals surface area contributed by atoms with Crippen molar-refractivity contribution in [3.05, 3.63) is 46.4 Å². The van der Waals surface area contributed by atoms with Gasteiger partial charge in [-0.2, -0.15) is 0 Å². The maximum Gasteiger partial charge on any atom is 0.248 e. The summed E-state index contributed by atoms with van der Waals surface area (Å²) in [6.07, 6.45) is -0.869. The number of nitrogens with one attached hydrogen (secondary N) is 2. The number of H-pyrrole nitrogens is 1. The first-order valence-corrected chi connectivity index (χ1v) is 5.78. The second-order valence-corrected chi connectivity index (χ2v) is 4.27. The highest BCUT2D eigenvalue weighted by molar-refractivity contribution is 5.87. The van der Waals surface area contributed by atoms with Crippen molar-refractivity contribution < 1.29 is 15.3 Å². The van der Waals surface area contributed by atoms with Gasteiger partial charge in [0.1, 0.15) is 5.75 Å². The minimum atomic E-state index is -0.879. The fourth-order valence-corrected chi connectivity index (χ4v) is 1.90. The highest BCUT2D eigenvalue weighted by Crippen LogP contribution is 2.28. The van der Waals surface area contributed by atoms with Crippen LogP contribution in [0.5, 0.6) is 5.75 Å². The van der Waals surface area contributed by atoms with Gasteiger partial charge in [0.2, 0.25) is 5.56 Å². The van der Waals surface area contributed by atoms with E-state index in [1.54, 1.807) is 12.1 Å². The van der Waals surface area contributed by atoms with Crippen LogP contribution in [-0.2, 0) is 0 Å². The Kier molecular flexibility index (Phi) is 3.84. The van der Waals surface area contributed by atoms with Gasteiger partial charge in [-0.15, -0.1) is 0 Å². The Labute approximate surface area is 109 Å². The molecular formula is C13H15N2O4. The molecule has 101 valence electrons. The van der Waals surface area contributed by atoms with Crippen molar-refractivity contribution in [3.8, 4) is 5.75 Å². The minimum Gasteiger partial charge on any atom is -0.506 e. The molecular weight excluding hydrogens is 248 g/mol. The van der Waals surface area contributed by atoms with Gasteiger partial charge in [0.25, 0.3) is 0 Å². The Bertz CT molecular complexity index is 636. The number of aromatic amines is 1. The zero-order valence-corrected chi connectivity index (χ0v) is 10.3. The van der Waals surface area contributed by atoms with Gasteiger partial charge in [-0.05, 0) is 24.6 Å². The molecule has 6 heteroatoms. The molecule has 0 aliphatic heterocycles. The third kappa shape index (κ3) is 2.93. The molecule has 0 fully saturated rings. The SMILES string of the molecule is C[C](O)NC[C@H](O)c1ccc(O)c2[nH]c(=O)ccc12. The van der Waals surface area contributed by atoms with E-state index in [0.717, 1.165) is 0 Å². The van der Waals surface area contributed by atoms with Crippen molar-refractivity contribution in [1.29, 1.82) is 0 Å². The summed E-state index contributed by atoms with van der Waals surface area (Å²) in [5.74, 6) is -0.0542. The van der Waals surface area contributed by atoms with Gasteiger partial charge < -0.3 is 20.3 Å². The molecule has 1 radical (unpaired) electrons. The highest BCUT2D eigenvalue weighted by Gasteiger charge is 2.14. The standard InChI is InChI=1S/C13H15N2O4/c1-7(16)14-6-11(18)8-2-4-10(17)13-9(8)3-5-12(19)15-13/h2-5,11,14,16-18H,6H2,1H3,(H,15,19)/t11-/m0/s1. The molecule has 1 heterocycles. The lowest BCUT2D eigenvalue weighted by Gasteiger charge is -2.15. The second-order valence-electron chi connectivity index (χ2n) is 4.27. The van der Waals surface area contributed by atoms with Crippen LogP contribution in [0.3, 0.4) is 0 Å². The van der Waals surface area contributed by atoms with Crippen molar-refractivity contribution in [2.45, 2.75) is 13.0 Å². The van der Waals surface area contributed by atoms with Crippen molar-refractivity contribution in [2.75, 3.05) is 6.54 Å². The number of fused-ring (bicyclic) bond motifs is 1. The molecule has 0 saturated carbocycles. The summed E-state index contributed by atoms with van der Waals surface area (Å²) in [5.41, 5.74) is 0.513. The molecule has 0 spiro atoms. The van der Waals surface area contributed by atoms with Crippen LogP contribution in [0.25, 0.3) is 10.9 Å². The summed E-state index contributed by atoms with van der Waals surface area (Å²) >= 11 is 0. The van der Waals surface area contributed by atoms with E-state index in [-0.39, 0.29) is 29.6 Å².